The molecule has 0 heterocycles. The molecule has 0 saturated carbocycles. The Hall–Kier alpha value is -1.29. The Balaban J connectivity index is -0.000000214. The van der Waals surface area contributed by atoms with E-state index < -0.39 is 0 Å². The van der Waals surface area contributed by atoms with Crippen LogP contribution in [0.25, 0.3) is 10.8 Å². The van der Waals surface area contributed by atoms with Crippen LogP contribution in [0.3, 0.4) is 0 Å². The van der Waals surface area contributed by atoms with Crippen LogP contribution in [0.4, 0.5) is 0 Å². The molecule has 0 N–H and O–H groups in total. The SMILES string of the molecule is [CH-]=O.[CH-]=O.[CH-]=O.[Hf+4].c1ccc2[cH-]ccc2c1. The van der Waals surface area contributed by atoms with Crippen molar-refractivity contribution in [1.82, 2.24) is 0 Å². The summed E-state index contributed by atoms with van der Waals surface area (Å²) in [4.78, 5) is 23.2. The van der Waals surface area contributed by atoms with Crippen LogP contribution in [0.2, 0.25) is 0 Å². The fraction of sp³-hybridized carbons (Fsp3) is 0. The van der Waals surface area contributed by atoms with Gasteiger partial charge >= 0.3 is 25.8 Å². The molecule has 3 nitrogen and oxygen atoms in total. The largest absolute Gasteiger partial charge is 4.00 e. The summed E-state index contributed by atoms with van der Waals surface area (Å²) in [7, 11) is 0. The second kappa shape index (κ2) is 16.2. The minimum absolute atomic E-state index is 0. The predicted molar refractivity (Wildman–Crippen MR) is 59.8 cm³/mol. The van der Waals surface area contributed by atoms with Gasteiger partial charge in [0.15, 0.2) is 0 Å². The maximum atomic E-state index is 7.75. The number of benzene rings is 1. The topological polar surface area (TPSA) is 51.2 Å². The number of rotatable bonds is 0. The summed E-state index contributed by atoms with van der Waals surface area (Å²) in [5.74, 6) is 0. The number of carbonyl (C=O) groups excluding carboxylic acids is 3. The van der Waals surface area contributed by atoms with Crippen molar-refractivity contribution in [1.29, 1.82) is 0 Å². The first kappa shape index (κ1) is 20.2. The smallest absolute Gasteiger partial charge is 0.545 e. The third kappa shape index (κ3) is 7.06. The van der Waals surface area contributed by atoms with Gasteiger partial charge in [0.1, 0.15) is 0 Å². The fourth-order valence-electron chi connectivity index (χ4n) is 1.07. The van der Waals surface area contributed by atoms with E-state index in [0.717, 1.165) is 0 Å². The van der Waals surface area contributed by atoms with Gasteiger partial charge in [0, 0.05) is 0 Å². The van der Waals surface area contributed by atoms with Gasteiger partial charge in [-0.2, -0.15) is 17.5 Å². The molecule has 2 aromatic rings. The van der Waals surface area contributed by atoms with Gasteiger partial charge in [0.2, 0.25) is 0 Å². The van der Waals surface area contributed by atoms with Gasteiger partial charge in [-0.25, -0.2) is 0 Å². The summed E-state index contributed by atoms with van der Waals surface area (Å²) in [6, 6.07) is 14.7. The van der Waals surface area contributed by atoms with Crippen molar-refractivity contribution in [2.45, 2.75) is 0 Å². The molecule has 0 aliphatic carbocycles. The average molecular weight is 381 g/mol. The van der Waals surface area contributed by atoms with E-state index in [1.54, 1.807) is 0 Å². The van der Waals surface area contributed by atoms with Crippen molar-refractivity contribution < 1.29 is 40.2 Å². The molecule has 0 aliphatic heterocycles. The van der Waals surface area contributed by atoms with Crippen LogP contribution in [0, 0.1) is 0 Å². The standard InChI is InChI=1S/C9H7.3CHO.Hf/c1-2-5-9-7-3-6-8(9)4-1;3*1-2;/h1-7H;3*1H;/q4*-1;+4. The monoisotopic (exact) mass is 382 g/mol. The zero-order chi connectivity index (χ0) is 12.1. The van der Waals surface area contributed by atoms with Gasteiger partial charge in [-0.1, -0.05) is 6.07 Å². The summed E-state index contributed by atoms with van der Waals surface area (Å²) in [5, 5.41) is 2.66. The predicted octanol–water partition coefficient (Wildman–Crippen LogP) is 1.73. The number of hydrogen-bond donors (Lipinski definition) is 0. The van der Waals surface area contributed by atoms with Gasteiger partial charge in [-0.05, 0) is 0 Å². The normalized spacial score (nSPS) is 6.50. The minimum atomic E-state index is 0. The molecule has 4 heteroatoms. The van der Waals surface area contributed by atoms with E-state index in [1.165, 1.54) is 10.8 Å². The summed E-state index contributed by atoms with van der Waals surface area (Å²) in [5.41, 5.74) is 0. The van der Waals surface area contributed by atoms with Crippen LogP contribution in [-0.2, 0) is 40.2 Å². The first-order valence-electron chi connectivity index (χ1n) is 3.78. The second-order valence-electron chi connectivity index (χ2n) is 2.15. The van der Waals surface area contributed by atoms with Crippen molar-refractivity contribution in [3.63, 3.8) is 0 Å². The molecule has 2 aromatic carbocycles. The summed E-state index contributed by atoms with van der Waals surface area (Å²) in [6.45, 7) is 9.75. The van der Waals surface area contributed by atoms with Gasteiger partial charge in [-0.15, -0.1) is 29.7 Å². The van der Waals surface area contributed by atoms with Crippen LogP contribution < -0.4 is 0 Å². The second-order valence-corrected chi connectivity index (χ2v) is 2.15. The summed E-state index contributed by atoms with van der Waals surface area (Å²) in [6.07, 6.45) is 0. The Morgan fingerprint density at radius 1 is 0.812 bits per heavy atom. The molecule has 0 atom stereocenters. The fourth-order valence-corrected chi connectivity index (χ4v) is 1.07. The van der Waals surface area contributed by atoms with E-state index in [4.69, 9.17) is 14.4 Å². The zero-order valence-electron chi connectivity index (χ0n) is 8.50. The van der Waals surface area contributed by atoms with Crippen LogP contribution in [-0.4, -0.2) is 20.4 Å². The van der Waals surface area contributed by atoms with Gasteiger partial charge in [0.05, 0.1) is 0 Å². The van der Waals surface area contributed by atoms with Crippen LogP contribution >= 0.6 is 0 Å². The third-order valence-corrected chi connectivity index (χ3v) is 1.55. The van der Waals surface area contributed by atoms with E-state index in [9.17, 15) is 0 Å². The van der Waals surface area contributed by atoms with Crippen LogP contribution in [0.5, 0.6) is 0 Å². The van der Waals surface area contributed by atoms with Gasteiger partial charge in [-0.3, -0.25) is 20.4 Å². The van der Waals surface area contributed by atoms with E-state index in [-0.39, 0.29) is 25.8 Å². The molecular weight excluding hydrogens is 371 g/mol. The molecule has 0 aliphatic rings. The van der Waals surface area contributed by atoms with E-state index in [0.29, 0.717) is 0 Å². The van der Waals surface area contributed by atoms with E-state index >= 15 is 0 Å². The first-order valence-corrected chi connectivity index (χ1v) is 3.78. The van der Waals surface area contributed by atoms with Crippen molar-refractivity contribution in [2.75, 3.05) is 0 Å². The molecule has 0 amide bonds. The number of fused-ring (bicyclic) bond motifs is 1. The average Bonchev–Trinajstić information content (AvgIpc) is 2.85. The molecule has 0 spiro atoms. The molecule has 0 aromatic heterocycles. The Morgan fingerprint density at radius 2 is 1.31 bits per heavy atom. The molecule has 0 fully saturated rings. The Bertz CT molecular complexity index is 325. The molecule has 0 unspecified atom stereocenters. The quantitative estimate of drug-likeness (QED) is 0.397. The van der Waals surface area contributed by atoms with Crippen molar-refractivity contribution in [3.05, 3.63) is 42.5 Å². The Labute approximate surface area is 114 Å². The van der Waals surface area contributed by atoms with Gasteiger partial charge in [0.25, 0.3) is 0 Å². The zero-order valence-corrected chi connectivity index (χ0v) is 12.1. The first-order chi connectivity index (χ1) is 7.47. The molecule has 80 valence electrons. The minimum Gasteiger partial charge on any atom is -0.545 e. The Kier molecular flexibility index (Phi) is 20.4. The molecule has 2 rings (SSSR count). The molecule has 0 bridgehead atoms. The van der Waals surface area contributed by atoms with Crippen molar-refractivity contribution in [3.8, 4) is 0 Å². The van der Waals surface area contributed by atoms with Crippen LogP contribution in [0.15, 0.2) is 42.5 Å². The van der Waals surface area contributed by atoms with E-state index in [2.05, 4.69) is 62.8 Å². The molecule has 0 radical (unpaired) electrons. The summed E-state index contributed by atoms with van der Waals surface area (Å²) >= 11 is 0. The molecular formula is C12H10HfO3. The maximum Gasteiger partial charge on any atom is 4.00 e. The third-order valence-electron chi connectivity index (χ3n) is 1.55. The van der Waals surface area contributed by atoms with E-state index in [1.807, 2.05) is 0 Å². The maximum absolute atomic E-state index is 7.75. The summed E-state index contributed by atoms with van der Waals surface area (Å²) < 4.78 is 0. The van der Waals surface area contributed by atoms with Crippen LogP contribution in [0.1, 0.15) is 0 Å². The Morgan fingerprint density at radius 3 is 1.81 bits per heavy atom. The molecule has 16 heavy (non-hydrogen) atoms. The van der Waals surface area contributed by atoms with Crippen molar-refractivity contribution in [2.24, 2.45) is 0 Å². The van der Waals surface area contributed by atoms with Crippen molar-refractivity contribution >= 4 is 31.1 Å². The molecule has 0 saturated heterocycles. The van der Waals surface area contributed by atoms with Gasteiger partial charge < -0.3 is 14.4 Å². The number of hydrogen-bond acceptors (Lipinski definition) is 3.